The third-order valence-corrected chi connectivity index (χ3v) is 9.97. The summed E-state index contributed by atoms with van der Waals surface area (Å²) in [4.78, 5) is 25.9. The van der Waals surface area contributed by atoms with E-state index in [2.05, 4.69) is 29.6 Å². The van der Waals surface area contributed by atoms with Crippen LogP contribution in [-0.4, -0.2) is 50.1 Å². The maximum absolute atomic E-state index is 13.5. The van der Waals surface area contributed by atoms with Gasteiger partial charge in [0, 0.05) is 29.5 Å². The second-order valence-corrected chi connectivity index (χ2v) is 13.4. The minimum atomic E-state index is -0.689. The van der Waals surface area contributed by atoms with Crippen LogP contribution >= 0.6 is 11.8 Å². The molecule has 1 aromatic heterocycles. The first-order valence-electron chi connectivity index (χ1n) is 12.7. The largest absolute Gasteiger partial charge is 0.389 e. The summed E-state index contributed by atoms with van der Waals surface area (Å²) in [6.45, 7) is 10.4. The Morgan fingerprint density at radius 3 is 2.79 bits per heavy atom. The van der Waals surface area contributed by atoms with Crippen LogP contribution in [0.1, 0.15) is 77.1 Å². The molecule has 0 aromatic carbocycles. The molecule has 7 nitrogen and oxygen atoms in total. The van der Waals surface area contributed by atoms with E-state index in [0.29, 0.717) is 29.9 Å². The predicted octanol–water partition coefficient (Wildman–Crippen LogP) is 3.69. The Morgan fingerprint density at radius 1 is 1.32 bits per heavy atom. The number of fused-ring (bicyclic) bond motifs is 2. The van der Waals surface area contributed by atoms with Crippen molar-refractivity contribution < 1.29 is 14.7 Å². The van der Waals surface area contributed by atoms with Crippen LogP contribution in [0.15, 0.2) is 17.3 Å². The van der Waals surface area contributed by atoms with Crippen molar-refractivity contribution in [2.45, 2.75) is 88.6 Å². The molecule has 5 unspecified atom stereocenters. The van der Waals surface area contributed by atoms with Crippen LogP contribution in [-0.2, 0) is 4.79 Å². The lowest BCUT2D eigenvalue weighted by atomic mass is 9.52. The maximum Gasteiger partial charge on any atom is 0.255 e. The van der Waals surface area contributed by atoms with E-state index in [1.807, 2.05) is 26.8 Å². The number of rotatable bonds is 8. The molecule has 2 amide bonds. The van der Waals surface area contributed by atoms with Crippen molar-refractivity contribution in [3.8, 4) is 0 Å². The second kappa shape index (κ2) is 8.12. The number of carbonyl (C=O) groups is 2. The molecule has 1 spiro atoms. The highest BCUT2D eigenvalue weighted by molar-refractivity contribution is 7.99. The van der Waals surface area contributed by atoms with Gasteiger partial charge in [-0.2, -0.15) is 5.10 Å². The molecule has 1 aromatic rings. The molecule has 3 N–H and O–H groups in total. The summed E-state index contributed by atoms with van der Waals surface area (Å²) in [6, 6.07) is 0.144. The monoisotopic (exact) mass is 486 g/mol. The summed E-state index contributed by atoms with van der Waals surface area (Å²) in [5, 5.41) is 23.0. The Hall–Kier alpha value is -1.80. The van der Waals surface area contributed by atoms with Gasteiger partial charge in [-0.1, -0.05) is 19.9 Å². The first kappa shape index (κ1) is 23.9. The van der Waals surface area contributed by atoms with Crippen molar-refractivity contribution in [1.82, 2.24) is 20.4 Å². The lowest BCUT2D eigenvalue weighted by Crippen LogP contribution is -2.62. The van der Waals surface area contributed by atoms with E-state index >= 15 is 0 Å². The topological polar surface area (TPSA) is 96.2 Å². The molecule has 4 saturated carbocycles. The lowest BCUT2D eigenvalue weighted by molar-refractivity contribution is -0.180. The van der Waals surface area contributed by atoms with E-state index in [1.54, 1.807) is 28.8 Å². The van der Waals surface area contributed by atoms with E-state index in [-0.39, 0.29) is 28.5 Å². The van der Waals surface area contributed by atoms with Gasteiger partial charge in [-0.05, 0) is 70.6 Å². The van der Waals surface area contributed by atoms with Crippen molar-refractivity contribution in [3.63, 3.8) is 0 Å². The van der Waals surface area contributed by atoms with Gasteiger partial charge in [0.25, 0.3) is 5.91 Å². The molecule has 4 aliphatic rings. The number of nitrogens with zero attached hydrogens (tertiary/aromatic N) is 2. The Balaban J connectivity index is 1.36. The first-order chi connectivity index (χ1) is 16.0. The fourth-order valence-electron chi connectivity index (χ4n) is 7.43. The summed E-state index contributed by atoms with van der Waals surface area (Å²) in [5.74, 6) is 1.36. The average molecular weight is 487 g/mol. The number of aromatic nitrogens is 2. The molecule has 5 rings (SSSR count). The summed E-state index contributed by atoms with van der Waals surface area (Å²) >= 11 is 1.60. The molecule has 0 radical (unpaired) electrons. The first-order valence-corrected chi connectivity index (χ1v) is 13.6. The van der Waals surface area contributed by atoms with Crippen LogP contribution in [0, 0.1) is 28.6 Å². The molecule has 186 valence electrons. The zero-order valence-electron chi connectivity index (χ0n) is 20.9. The Labute approximate surface area is 206 Å². The molecule has 0 aliphatic heterocycles. The van der Waals surface area contributed by atoms with Crippen molar-refractivity contribution in [3.05, 3.63) is 17.8 Å². The number of nitrogens with one attached hydrogen (secondary N) is 2. The Morgan fingerprint density at radius 2 is 2.09 bits per heavy atom. The number of hydrogen-bond donors (Lipinski definition) is 3. The van der Waals surface area contributed by atoms with Gasteiger partial charge in [0.05, 0.1) is 22.8 Å². The van der Waals surface area contributed by atoms with Crippen LogP contribution in [0.5, 0.6) is 0 Å². The molecule has 34 heavy (non-hydrogen) atoms. The van der Waals surface area contributed by atoms with Gasteiger partial charge in [0.2, 0.25) is 5.91 Å². The molecule has 3 bridgehead atoms. The van der Waals surface area contributed by atoms with Gasteiger partial charge in [0.15, 0.2) is 0 Å². The fourth-order valence-corrected chi connectivity index (χ4v) is 8.37. The summed E-state index contributed by atoms with van der Waals surface area (Å²) < 4.78 is 1.72. The molecule has 4 fully saturated rings. The van der Waals surface area contributed by atoms with Gasteiger partial charge < -0.3 is 15.7 Å². The fraction of sp³-hybridized carbons (Fsp3) is 0.731. The number of amides is 2. The average Bonchev–Trinajstić information content (AvgIpc) is 3.27. The van der Waals surface area contributed by atoms with E-state index in [4.69, 9.17) is 0 Å². The van der Waals surface area contributed by atoms with Crippen molar-refractivity contribution >= 4 is 29.8 Å². The van der Waals surface area contributed by atoms with Crippen molar-refractivity contribution in [1.29, 1.82) is 0 Å². The summed E-state index contributed by atoms with van der Waals surface area (Å²) in [6.07, 6.45) is 10.4. The van der Waals surface area contributed by atoms with Crippen LogP contribution in [0.3, 0.4) is 0 Å². The van der Waals surface area contributed by atoms with Crippen molar-refractivity contribution in [2.24, 2.45) is 28.6 Å². The standard InChI is InChI=1S/C26H38N4O3S/c1-6-27-23(32)24(4,5)7-8-30-22(34-15(2)3)18(14-28-30)21(31)29-20-17-9-16-10-25(12-17)19(20)13-26(25,33)11-16/h7-8,14-17,19-20,33H,6,9-13H2,1-5H3,(H,27,32)(H,29,31)/b8-7+/t16?,17?,19?,20?,25?,26-/m0/s1. The SMILES string of the molecule is CCNC(=O)C(C)(C)/C=C/n1ncc(C(=O)NC2C3CC4CC5(C3)C2C[C@@]5(O)C4)c1SC(C)C. The zero-order chi connectivity index (χ0) is 24.5. The number of hydrogen-bond acceptors (Lipinski definition) is 5. The molecule has 8 heteroatoms. The Kier molecular flexibility index (Phi) is 5.71. The minimum Gasteiger partial charge on any atom is -0.389 e. The maximum atomic E-state index is 13.5. The third kappa shape index (κ3) is 3.55. The van der Waals surface area contributed by atoms with Crippen LogP contribution < -0.4 is 10.6 Å². The zero-order valence-corrected chi connectivity index (χ0v) is 21.7. The minimum absolute atomic E-state index is 0.0454. The van der Waals surface area contributed by atoms with Gasteiger partial charge in [-0.25, -0.2) is 4.68 Å². The van der Waals surface area contributed by atoms with Gasteiger partial charge in [-0.3, -0.25) is 9.59 Å². The van der Waals surface area contributed by atoms with E-state index < -0.39 is 11.0 Å². The van der Waals surface area contributed by atoms with E-state index in [1.165, 1.54) is 0 Å². The highest BCUT2D eigenvalue weighted by atomic mass is 32.2. The molecule has 0 saturated heterocycles. The quantitative estimate of drug-likeness (QED) is 0.487. The summed E-state index contributed by atoms with van der Waals surface area (Å²) in [5.41, 5.74) is -0.545. The molecular formula is C26H38N4O3S. The van der Waals surface area contributed by atoms with E-state index in [0.717, 1.165) is 37.1 Å². The van der Waals surface area contributed by atoms with Gasteiger partial charge >= 0.3 is 0 Å². The van der Waals surface area contributed by atoms with E-state index in [9.17, 15) is 14.7 Å². The van der Waals surface area contributed by atoms with Crippen molar-refractivity contribution in [2.75, 3.05) is 6.54 Å². The van der Waals surface area contributed by atoms with Gasteiger partial charge in [-0.15, -0.1) is 11.8 Å². The molecular weight excluding hydrogens is 448 g/mol. The highest BCUT2D eigenvalue weighted by Gasteiger charge is 2.77. The van der Waals surface area contributed by atoms with Crippen LogP contribution in [0.2, 0.25) is 0 Å². The number of carbonyl (C=O) groups excluding carboxylic acids is 2. The second-order valence-electron chi connectivity index (χ2n) is 11.8. The Bertz CT molecular complexity index is 1030. The molecule has 4 aliphatic carbocycles. The smallest absolute Gasteiger partial charge is 0.255 e. The summed E-state index contributed by atoms with van der Waals surface area (Å²) in [7, 11) is 0. The van der Waals surface area contributed by atoms with Crippen LogP contribution in [0.4, 0.5) is 0 Å². The number of aliphatic hydroxyl groups is 1. The molecule has 6 atom stereocenters. The molecule has 1 heterocycles. The third-order valence-electron chi connectivity index (χ3n) is 8.87. The predicted molar refractivity (Wildman–Crippen MR) is 133 cm³/mol. The van der Waals surface area contributed by atoms with Crippen LogP contribution in [0.25, 0.3) is 6.20 Å². The van der Waals surface area contributed by atoms with Gasteiger partial charge in [0.1, 0.15) is 5.03 Å². The normalized spacial score (nSPS) is 35.6. The highest BCUT2D eigenvalue weighted by Crippen LogP contribution is 2.77. The lowest BCUT2D eigenvalue weighted by Gasteiger charge is -2.56. The number of thioether (sulfide) groups is 1.